The number of carbonyl (C=O) groups excluding carboxylic acids is 2. The maximum absolute atomic E-state index is 12.1. The van der Waals surface area contributed by atoms with Gasteiger partial charge in [0.25, 0.3) is 0 Å². The molecule has 0 aliphatic carbocycles. The van der Waals surface area contributed by atoms with Gasteiger partial charge in [-0.25, -0.2) is 4.79 Å². The van der Waals surface area contributed by atoms with Gasteiger partial charge in [0, 0.05) is 59.8 Å². The van der Waals surface area contributed by atoms with Crippen LogP contribution in [0.25, 0.3) is 21.5 Å². The molecule has 4 aromatic heterocycles. The molecule has 0 bridgehead atoms. The van der Waals surface area contributed by atoms with Crippen LogP contribution < -0.4 is 16.4 Å². The highest BCUT2D eigenvalue weighted by atomic mass is 32.1. The van der Waals surface area contributed by atoms with Gasteiger partial charge in [0.15, 0.2) is 0 Å². The maximum atomic E-state index is 12.1. The molecule has 0 fully saturated rings. The Morgan fingerprint density at radius 2 is 1.42 bits per heavy atom. The first kappa shape index (κ1) is 39.5. The predicted molar refractivity (Wildman–Crippen MR) is 212 cm³/mol. The number of pyridine rings is 2. The maximum Gasteiger partial charge on any atom is 0.408 e. The first-order valence-electron chi connectivity index (χ1n) is 16.8. The average Bonchev–Trinajstić information content (AvgIpc) is 3.85. The molecule has 52 heavy (non-hydrogen) atoms. The van der Waals surface area contributed by atoms with Gasteiger partial charge in [-0.05, 0) is 131 Å². The van der Waals surface area contributed by atoms with Crippen molar-refractivity contribution in [1.29, 1.82) is 0 Å². The molecule has 0 saturated carbocycles. The van der Waals surface area contributed by atoms with Gasteiger partial charge in [0.05, 0.1) is 6.04 Å². The third-order valence-corrected chi connectivity index (χ3v) is 9.19. The Morgan fingerprint density at radius 1 is 0.808 bits per heavy atom. The number of nitrogen functional groups attached to an aromatic ring is 1. The second-order valence-corrected chi connectivity index (χ2v) is 14.7. The molecule has 2 atom stereocenters. The lowest BCUT2D eigenvalue weighted by molar-refractivity contribution is -0.137. The van der Waals surface area contributed by atoms with E-state index in [4.69, 9.17) is 15.6 Å². The van der Waals surface area contributed by atoms with Crippen LogP contribution in [0.3, 0.4) is 0 Å². The quantitative estimate of drug-likeness (QED) is 0.101. The SMILES string of the molecule is CC(C)(C)OC(=O)NC(CCC(=O)O)c1ccsc1.CC(CCC(=O)Nc1ccc2cnccc2c1)c1ccsc1.Nc1ccc2cnccc2c1. The molecule has 5 N–H and O–H groups in total. The highest BCUT2D eigenvalue weighted by molar-refractivity contribution is 7.08. The average molecular weight is 740 g/mol. The lowest BCUT2D eigenvalue weighted by Gasteiger charge is -2.23. The Kier molecular flexibility index (Phi) is 14.7. The minimum absolute atomic E-state index is 0.00366. The van der Waals surface area contributed by atoms with Gasteiger partial charge >= 0.3 is 12.1 Å². The number of alkyl carbamates (subject to hydrolysis) is 1. The summed E-state index contributed by atoms with van der Waals surface area (Å²) in [4.78, 5) is 42.6. The first-order valence-corrected chi connectivity index (χ1v) is 18.7. The fraction of sp³-hybridized carbons (Fsp3) is 0.275. The number of ether oxygens (including phenoxy) is 1. The first-order chi connectivity index (χ1) is 24.9. The number of benzene rings is 2. The third-order valence-electron chi connectivity index (χ3n) is 7.79. The van der Waals surface area contributed by atoms with Crippen LogP contribution in [-0.4, -0.2) is 38.6 Å². The van der Waals surface area contributed by atoms with Crippen molar-refractivity contribution >= 4 is 73.6 Å². The number of thiophene rings is 2. The number of carboxylic acids is 1. The molecular formula is C40H45N5O5S2. The lowest BCUT2D eigenvalue weighted by Crippen LogP contribution is -2.35. The fourth-order valence-electron chi connectivity index (χ4n) is 5.07. The topological polar surface area (TPSA) is 157 Å². The summed E-state index contributed by atoms with van der Waals surface area (Å²) < 4.78 is 5.18. The van der Waals surface area contributed by atoms with Crippen molar-refractivity contribution in [3.05, 3.63) is 118 Å². The number of nitrogens with two attached hydrogens (primary N) is 1. The molecule has 0 radical (unpaired) electrons. The molecule has 0 saturated heterocycles. The van der Waals surface area contributed by atoms with Crippen molar-refractivity contribution in [2.75, 3.05) is 11.1 Å². The van der Waals surface area contributed by atoms with Crippen LogP contribution in [0.2, 0.25) is 0 Å². The number of amides is 2. The van der Waals surface area contributed by atoms with Crippen LogP contribution in [-0.2, 0) is 14.3 Å². The van der Waals surface area contributed by atoms with Crippen molar-refractivity contribution in [3.8, 4) is 0 Å². The van der Waals surface area contributed by atoms with Crippen LogP contribution >= 0.6 is 22.7 Å². The number of hydrogen-bond acceptors (Lipinski definition) is 9. The number of fused-ring (bicyclic) bond motifs is 2. The molecule has 2 aromatic carbocycles. The van der Waals surface area contributed by atoms with E-state index < -0.39 is 17.7 Å². The Morgan fingerprint density at radius 3 is 2.02 bits per heavy atom. The van der Waals surface area contributed by atoms with Crippen molar-refractivity contribution in [1.82, 2.24) is 15.3 Å². The van der Waals surface area contributed by atoms with Crippen molar-refractivity contribution in [2.24, 2.45) is 0 Å². The second-order valence-electron chi connectivity index (χ2n) is 13.2. The monoisotopic (exact) mass is 739 g/mol. The molecule has 12 heteroatoms. The zero-order valence-electron chi connectivity index (χ0n) is 29.7. The molecule has 0 spiro atoms. The Bertz CT molecular complexity index is 2030. The summed E-state index contributed by atoms with van der Waals surface area (Å²) in [6.45, 7) is 7.51. The summed E-state index contributed by atoms with van der Waals surface area (Å²) in [6.07, 6.45) is 8.37. The van der Waals surface area contributed by atoms with Crippen LogP contribution in [0, 0.1) is 0 Å². The zero-order valence-corrected chi connectivity index (χ0v) is 31.4. The number of aromatic nitrogens is 2. The summed E-state index contributed by atoms with van der Waals surface area (Å²) in [5, 5.41) is 26.9. The van der Waals surface area contributed by atoms with Gasteiger partial charge in [0.2, 0.25) is 5.91 Å². The molecule has 6 aromatic rings. The molecule has 4 heterocycles. The number of nitrogens with one attached hydrogen (secondary N) is 2. The summed E-state index contributed by atoms with van der Waals surface area (Å²) in [5.74, 6) is -0.401. The van der Waals surface area contributed by atoms with Gasteiger partial charge < -0.3 is 26.2 Å². The molecule has 2 unspecified atom stereocenters. The van der Waals surface area contributed by atoms with Crippen molar-refractivity contribution < 1.29 is 24.2 Å². The summed E-state index contributed by atoms with van der Waals surface area (Å²) >= 11 is 3.20. The molecule has 6 rings (SSSR count). The van der Waals surface area contributed by atoms with Crippen LogP contribution in [0.5, 0.6) is 0 Å². The minimum atomic E-state index is -0.883. The van der Waals surface area contributed by atoms with Crippen LogP contribution in [0.1, 0.15) is 76.5 Å². The van der Waals surface area contributed by atoms with E-state index in [1.54, 1.807) is 44.5 Å². The van der Waals surface area contributed by atoms with E-state index in [9.17, 15) is 14.4 Å². The number of rotatable bonds is 10. The summed E-state index contributed by atoms with van der Waals surface area (Å²) in [6, 6.07) is 19.2. The van der Waals surface area contributed by atoms with Gasteiger partial charge in [-0.15, -0.1) is 0 Å². The van der Waals surface area contributed by atoms with Crippen molar-refractivity contribution in [2.45, 2.75) is 70.9 Å². The van der Waals surface area contributed by atoms with Gasteiger partial charge in [-0.2, -0.15) is 22.7 Å². The molecule has 0 aliphatic rings. The highest BCUT2D eigenvalue weighted by Crippen LogP contribution is 2.24. The van der Waals surface area contributed by atoms with E-state index in [1.165, 1.54) is 16.9 Å². The number of aliphatic carboxylic acids is 1. The van der Waals surface area contributed by atoms with Crippen molar-refractivity contribution in [3.63, 3.8) is 0 Å². The highest BCUT2D eigenvalue weighted by Gasteiger charge is 2.21. The Labute approximate surface area is 312 Å². The van der Waals surface area contributed by atoms with Gasteiger partial charge in [-0.1, -0.05) is 19.1 Å². The Hall–Kier alpha value is -5.33. The molecule has 0 aliphatic heterocycles. The van der Waals surface area contributed by atoms with Gasteiger partial charge in [0.1, 0.15) is 5.60 Å². The Balaban J connectivity index is 0.000000184. The van der Waals surface area contributed by atoms with Crippen LogP contribution in [0.4, 0.5) is 16.2 Å². The molecular weight excluding hydrogens is 695 g/mol. The van der Waals surface area contributed by atoms with Gasteiger partial charge in [-0.3, -0.25) is 19.6 Å². The van der Waals surface area contributed by atoms with Crippen LogP contribution in [0.15, 0.2) is 107 Å². The number of anilines is 2. The standard InChI is InChI=1S/C18H18N2OS.C13H19NO4S.C9H8N2/c1-13(16-7-9-22-12-16)2-5-18(21)20-17-4-3-15-11-19-8-6-14(15)10-17;1-13(2,3)18-12(17)14-10(4-5-11(15)16)9-6-7-19-8-9;10-9-2-1-8-6-11-4-3-7(8)5-9/h3-4,6-13H,2,5H2,1H3,(H,20,21);6-8,10H,4-5H2,1-3H3,(H,14,17)(H,15,16);1-6H,10H2. The normalized spacial score (nSPS) is 12.0. The molecule has 272 valence electrons. The second kappa shape index (κ2) is 19.3. The van der Waals surface area contributed by atoms with E-state index >= 15 is 0 Å². The van der Waals surface area contributed by atoms with E-state index in [0.29, 0.717) is 18.8 Å². The minimum Gasteiger partial charge on any atom is -0.481 e. The lowest BCUT2D eigenvalue weighted by atomic mass is 9.99. The zero-order chi connectivity index (χ0) is 37.5. The summed E-state index contributed by atoms with van der Waals surface area (Å²) in [7, 11) is 0. The number of nitrogens with zero attached hydrogens (tertiary/aromatic N) is 2. The van der Waals surface area contributed by atoms with E-state index in [0.717, 1.165) is 44.9 Å². The predicted octanol–water partition coefficient (Wildman–Crippen LogP) is 9.81. The number of carboxylic acid groups (broad SMARTS) is 1. The number of hydrogen-bond donors (Lipinski definition) is 4. The number of carbonyl (C=O) groups is 3. The summed E-state index contributed by atoms with van der Waals surface area (Å²) in [5.41, 5.74) is 8.88. The largest absolute Gasteiger partial charge is 0.481 e. The smallest absolute Gasteiger partial charge is 0.408 e. The van der Waals surface area contributed by atoms with E-state index in [-0.39, 0.29) is 18.4 Å². The van der Waals surface area contributed by atoms with E-state index in [2.05, 4.69) is 44.4 Å². The fourth-order valence-corrected chi connectivity index (χ4v) is 6.57. The third kappa shape index (κ3) is 13.4. The molecule has 2 amide bonds. The van der Waals surface area contributed by atoms with E-state index in [1.807, 2.05) is 77.8 Å². The molecule has 10 nitrogen and oxygen atoms in total.